The summed E-state index contributed by atoms with van der Waals surface area (Å²) in [5.74, 6) is 0.615. The molecule has 3 rings (SSSR count). The first-order valence-corrected chi connectivity index (χ1v) is 7.82. The molecule has 120 valence electrons. The predicted octanol–water partition coefficient (Wildman–Crippen LogP) is 4.32. The molecule has 0 aliphatic heterocycles. The van der Waals surface area contributed by atoms with Crippen molar-refractivity contribution in [3.05, 3.63) is 77.2 Å². The topological polar surface area (TPSA) is 54.9 Å². The van der Waals surface area contributed by atoms with Crippen LogP contribution in [0.2, 0.25) is 0 Å². The molecule has 1 amide bonds. The number of anilines is 1. The fourth-order valence-corrected chi connectivity index (χ4v) is 2.57. The van der Waals surface area contributed by atoms with Gasteiger partial charge in [-0.3, -0.25) is 4.79 Å². The molecule has 1 heterocycles. The molecule has 0 aliphatic carbocycles. The van der Waals surface area contributed by atoms with Crippen LogP contribution in [0, 0.1) is 20.8 Å². The highest BCUT2D eigenvalue weighted by Crippen LogP contribution is 2.22. The van der Waals surface area contributed by atoms with Crippen LogP contribution in [0.25, 0.3) is 11.3 Å². The van der Waals surface area contributed by atoms with Crippen LogP contribution in [-0.2, 0) is 0 Å². The van der Waals surface area contributed by atoms with Gasteiger partial charge in [-0.1, -0.05) is 24.3 Å². The van der Waals surface area contributed by atoms with E-state index in [1.165, 1.54) is 0 Å². The largest absolute Gasteiger partial charge is 0.322 e. The Labute approximate surface area is 141 Å². The quantitative estimate of drug-likeness (QED) is 0.782. The molecule has 0 radical (unpaired) electrons. The van der Waals surface area contributed by atoms with Crippen LogP contribution in [0.3, 0.4) is 0 Å². The average Bonchev–Trinajstić information content (AvgIpc) is 2.57. The van der Waals surface area contributed by atoms with E-state index in [4.69, 9.17) is 0 Å². The number of aromatic nitrogens is 2. The Morgan fingerprint density at radius 3 is 2.58 bits per heavy atom. The number of aryl methyl sites for hydroxylation is 2. The van der Waals surface area contributed by atoms with Gasteiger partial charge in [0.05, 0.1) is 5.69 Å². The Bertz CT molecular complexity index is 903. The summed E-state index contributed by atoms with van der Waals surface area (Å²) in [6.45, 7) is 5.82. The number of amides is 1. The molecular formula is C20H19N3O. The lowest BCUT2D eigenvalue weighted by Gasteiger charge is -2.10. The van der Waals surface area contributed by atoms with E-state index in [1.807, 2.05) is 69.3 Å². The highest BCUT2D eigenvalue weighted by Gasteiger charge is 2.11. The molecule has 1 N–H and O–H groups in total. The molecule has 0 bridgehead atoms. The van der Waals surface area contributed by atoms with Gasteiger partial charge in [0.15, 0.2) is 0 Å². The molecule has 0 unspecified atom stereocenters. The summed E-state index contributed by atoms with van der Waals surface area (Å²) in [7, 11) is 0. The molecule has 0 spiro atoms. The van der Waals surface area contributed by atoms with Crippen molar-refractivity contribution < 1.29 is 4.79 Å². The maximum atomic E-state index is 12.6. The van der Waals surface area contributed by atoms with E-state index in [0.717, 1.165) is 33.9 Å². The van der Waals surface area contributed by atoms with Crippen LogP contribution in [0.5, 0.6) is 0 Å². The average molecular weight is 317 g/mol. The minimum atomic E-state index is -0.104. The van der Waals surface area contributed by atoms with Crippen molar-refractivity contribution in [1.82, 2.24) is 9.97 Å². The van der Waals surface area contributed by atoms with Crippen molar-refractivity contribution in [3.63, 3.8) is 0 Å². The summed E-state index contributed by atoms with van der Waals surface area (Å²) < 4.78 is 0. The number of rotatable bonds is 3. The number of nitrogens with one attached hydrogen (secondary N) is 1. The van der Waals surface area contributed by atoms with Crippen molar-refractivity contribution in [2.75, 3.05) is 5.32 Å². The SMILES string of the molecule is Cc1nccc(-c2cccc(NC(=O)c3cccc(C)c3C)c2)n1. The molecule has 3 aromatic rings. The van der Waals surface area contributed by atoms with Crippen LogP contribution in [0.15, 0.2) is 54.7 Å². The Morgan fingerprint density at radius 1 is 1.00 bits per heavy atom. The molecule has 1 aromatic heterocycles. The molecule has 24 heavy (non-hydrogen) atoms. The second-order valence-electron chi connectivity index (χ2n) is 5.77. The van der Waals surface area contributed by atoms with Crippen molar-refractivity contribution >= 4 is 11.6 Å². The fraction of sp³-hybridized carbons (Fsp3) is 0.150. The molecule has 4 heteroatoms. The van der Waals surface area contributed by atoms with Crippen LogP contribution < -0.4 is 5.32 Å². The maximum Gasteiger partial charge on any atom is 0.255 e. The van der Waals surface area contributed by atoms with Crippen LogP contribution >= 0.6 is 0 Å². The van der Waals surface area contributed by atoms with E-state index in [2.05, 4.69) is 15.3 Å². The molecular weight excluding hydrogens is 298 g/mol. The molecule has 0 fully saturated rings. The first-order chi connectivity index (χ1) is 11.5. The lowest BCUT2D eigenvalue weighted by Crippen LogP contribution is -2.13. The zero-order chi connectivity index (χ0) is 17.1. The molecule has 0 atom stereocenters. The van der Waals surface area contributed by atoms with Crippen molar-refractivity contribution in [2.45, 2.75) is 20.8 Å². The summed E-state index contributed by atoms with van der Waals surface area (Å²) in [4.78, 5) is 21.1. The number of carbonyl (C=O) groups excluding carboxylic acids is 1. The fourth-order valence-electron chi connectivity index (χ4n) is 2.57. The summed E-state index contributed by atoms with van der Waals surface area (Å²) >= 11 is 0. The van der Waals surface area contributed by atoms with Crippen LogP contribution in [0.4, 0.5) is 5.69 Å². The highest BCUT2D eigenvalue weighted by molar-refractivity contribution is 6.05. The number of carbonyl (C=O) groups is 1. The molecule has 2 aromatic carbocycles. The minimum absolute atomic E-state index is 0.104. The number of hydrogen-bond donors (Lipinski definition) is 1. The van der Waals surface area contributed by atoms with E-state index in [-0.39, 0.29) is 5.91 Å². The third-order valence-corrected chi connectivity index (χ3v) is 4.04. The van der Waals surface area contributed by atoms with E-state index in [1.54, 1.807) is 6.20 Å². The van der Waals surface area contributed by atoms with Gasteiger partial charge in [-0.25, -0.2) is 9.97 Å². The van der Waals surface area contributed by atoms with Gasteiger partial charge in [0, 0.05) is 23.0 Å². The van der Waals surface area contributed by atoms with Crippen LogP contribution in [0.1, 0.15) is 27.3 Å². The van der Waals surface area contributed by atoms with E-state index >= 15 is 0 Å². The first-order valence-electron chi connectivity index (χ1n) is 7.82. The van der Waals surface area contributed by atoms with Gasteiger partial charge in [-0.2, -0.15) is 0 Å². The van der Waals surface area contributed by atoms with E-state index in [9.17, 15) is 4.79 Å². The first kappa shape index (κ1) is 15.9. The second-order valence-corrected chi connectivity index (χ2v) is 5.77. The highest BCUT2D eigenvalue weighted by atomic mass is 16.1. The normalized spacial score (nSPS) is 10.5. The maximum absolute atomic E-state index is 12.6. The van der Waals surface area contributed by atoms with E-state index in [0.29, 0.717) is 5.56 Å². The summed E-state index contributed by atoms with van der Waals surface area (Å²) in [5, 5.41) is 2.97. The van der Waals surface area contributed by atoms with Gasteiger partial charge in [0.2, 0.25) is 0 Å². The van der Waals surface area contributed by atoms with Gasteiger partial charge in [-0.05, 0) is 56.2 Å². The van der Waals surface area contributed by atoms with Gasteiger partial charge < -0.3 is 5.32 Å². The summed E-state index contributed by atoms with van der Waals surface area (Å²) in [5.41, 5.74) is 5.32. The number of hydrogen-bond acceptors (Lipinski definition) is 3. The zero-order valence-corrected chi connectivity index (χ0v) is 14.0. The molecule has 0 saturated heterocycles. The minimum Gasteiger partial charge on any atom is -0.322 e. The van der Waals surface area contributed by atoms with Gasteiger partial charge in [0.1, 0.15) is 5.82 Å². The second kappa shape index (κ2) is 6.62. The Morgan fingerprint density at radius 2 is 1.79 bits per heavy atom. The third kappa shape index (κ3) is 3.33. The van der Waals surface area contributed by atoms with Crippen LogP contribution in [-0.4, -0.2) is 15.9 Å². The molecule has 0 aliphatic rings. The predicted molar refractivity (Wildman–Crippen MR) is 96.1 cm³/mol. The van der Waals surface area contributed by atoms with Gasteiger partial charge >= 0.3 is 0 Å². The monoisotopic (exact) mass is 317 g/mol. The standard InChI is InChI=1S/C20H19N3O/c1-13-6-4-9-18(14(13)2)20(24)23-17-8-5-7-16(12-17)19-10-11-21-15(3)22-19/h4-12H,1-3H3,(H,23,24). The molecule has 0 saturated carbocycles. The van der Waals surface area contributed by atoms with Crippen molar-refractivity contribution in [3.8, 4) is 11.3 Å². The van der Waals surface area contributed by atoms with E-state index < -0.39 is 0 Å². The Balaban J connectivity index is 1.87. The van der Waals surface area contributed by atoms with Crippen molar-refractivity contribution in [1.29, 1.82) is 0 Å². The van der Waals surface area contributed by atoms with Crippen molar-refractivity contribution in [2.24, 2.45) is 0 Å². The molecule has 4 nitrogen and oxygen atoms in total. The Hall–Kier alpha value is -3.01. The number of benzene rings is 2. The summed E-state index contributed by atoms with van der Waals surface area (Å²) in [6, 6.07) is 15.3. The van der Waals surface area contributed by atoms with Gasteiger partial charge in [-0.15, -0.1) is 0 Å². The zero-order valence-electron chi connectivity index (χ0n) is 14.0. The smallest absolute Gasteiger partial charge is 0.255 e. The lowest BCUT2D eigenvalue weighted by atomic mass is 10.0. The third-order valence-electron chi connectivity index (χ3n) is 4.04. The Kier molecular flexibility index (Phi) is 4.38. The summed E-state index contributed by atoms with van der Waals surface area (Å²) in [6.07, 6.45) is 1.74. The lowest BCUT2D eigenvalue weighted by molar-refractivity contribution is 0.102. The van der Waals surface area contributed by atoms with Gasteiger partial charge in [0.25, 0.3) is 5.91 Å². The number of nitrogens with zero attached hydrogens (tertiary/aromatic N) is 2.